The van der Waals surface area contributed by atoms with Gasteiger partial charge in [-0.1, -0.05) is 0 Å². The molecule has 8 heteroatoms. The molecular weight excluding hydrogens is 252 g/mol. The van der Waals surface area contributed by atoms with Crippen LogP contribution in [-0.2, 0) is 16.0 Å². The van der Waals surface area contributed by atoms with Gasteiger partial charge in [0.25, 0.3) is 0 Å². The third-order valence-corrected chi connectivity index (χ3v) is 1.96. The number of nitrogens with one attached hydrogen (secondary N) is 2. The summed E-state index contributed by atoms with van der Waals surface area (Å²) in [6.07, 6.45) is -0.715. The predicted octanol–water partition coefficient (Wildman–Crippen LogP) is 1.00. The first kappa shape index (κ1) is 15.0. The summed E-state index contributed by atoms with van der Waals surface area (Å²) >= 11 is 0. The zero-order chi connectivity index (χ0) is 14.6. The SMILES string of the molecule is COC(=O)c1[nH]c(CN)nc1NC(=O)OC(C)(C)C. The van der Waals surface area contributed by atoms with Crippen molar-refractivity contribution in [3.63, 3.8) is 0 Å². The van der Waals surface area contributed by atoms with Gasteiger partial charge in [-0.15, -0.1) is 0 Å². The van der Waals surface area contributed by atoms with Crippen LogP contribution in [0.5, 0.6) is 0 Å². The van der Waals surface area contributed by atoms with Crippen LogP contribution in [0.2, 0.25) is 0 Å². The lowest BCUT2D eigenvalue weighted by Crippen LogP contribution is -2.27. The van der Waals surface area contributed by atoms with Crippen LogP contribution in [0.15, 0.2) is 0 Å². The third kappa shape index (κ3) is 4.25. The van der Waals surface area contributed by atoms with Gasteiger partial charge in [-0.05, 0) is 20.8 Å². The fraction of sp³-hybridized carbons (Fsp3) is 0.545. The number of nitrogens with zero attached hydrogens (tertiary/aromatic N) is 1. The topological polar surface area (TPSA) is 119 Å². The molecule has 0 aliphatic heterocycles. The first-order valence-corrected chi connectivity index (χ1v) is 5.64. The average Bonchev–Trinajstić information content (AvgIpc) is 2.68. The average molecular weight is 270 g/mol. The van der Waals surface area contributed by atoms with Gasteiger partial charge in [0.1, 0.15) is 11.4 Å². The molecule has 0 aliphatic rings. The molecule has 1 aromatic heterocycles. The van der Waals surface area contributed by atoms with Crippen molar-refractivity contribution in [1.29, 1.82) is 0 Å². The number of aromatic nitrogens is 2. The Balaban J connectivity index is 2.90. The van der Waals surface area contributed by atoms with E-state index < -0.39 is 17.7 Å². The smallest absolute Gasteiger partial charge is 0.413 e. The molecule has 1 rings (SSSR count). The minimum atomic E-state index is -0.715. The Morgan fingerprint density at radius 3 is 2.53 bits per heavy atom. The highest BCUT2D eigenvalue weighted by Gasteiger charge is 2.22. The zero-order valence-corrected chi connectivity index (χ0v) is 11.4. The number of methoxy groups -OCH3 is 1. The molecule has 0 radical (unpaired) electrons. The maximum absolute atomic E-state index is 11.6. The van der Waals surface area contributed by atoms with Crippen molar-refractivity contribution in [2.45, 2.75) is 32.9 Å². The molecule has 0 bridgehead atoms. The molecule has 0 aliphatic carbocycles. The first-order chi connectivity index (χ1) is 8.76. The van der Waals surface area contributed by atoms with Gasteiger partial charge >= 0.3 is 12.1 Å². The fourth-order valence-electron chi connectivity index (χ4n) is 1.26. The third-order valence-electron chi connectivity index (χ3n) is 1.96. The maximum Gasteiger partial charge on any atom is 0.413 e. The van der Waals surface area contributed by atoms with Gasteiger partial charge in [0.05, 0.1) is 13.7 Å². The van der Waals surface area contributed by atoms with Gasteiger partial charge in [0.15, 0.2) is 11.5 Å². The molecule has 19 heavy (non-hydrogen) atoms. The van der Waals surface area contributed by atoms with E-state index in [1.54, 1.807) is 20.8 Å². The Morgan fingerprint density at radius 1 is 1.42 bits per heavy atom. The second-order valence-electron chi connectivity index (χ2n) is 4.73. The summed E-state index contributed by atoms with van der Waals surface area (Å²) in [5.41, 5.74) is 4.79. The highest BCUT2D eigenvalue weighted by molar-refractivity contribution is 5.97. The number of rotatable bonds is 3. The van der Waals surface area contributed by atoms with Crippen molar-refractivity contribution in [3.8, 4) is 0 Å². The summed E-state index contributed by atoms with van der Waals surface area (Å²) in [5.74, 6) is -0.272. The lowest BCUT2D eigenvalue weighted by molar-refractivity contribution is 0.0595. The number of amides is 1. The van der Waals surface area contributed by atoms with Crippen LogP contribution in [0.3, 0.4) is 0 Å². The van der Waals surface area contributed by atoms with E-state index >= 15 is 0 Å². The molecule has 1 heterocycles. The normalized spacial score (nSPS) is 11.0. The van der Waals surface area contributed by atoms with Gasteiger partial charge in [-0.3, -0.25) is 5.32 Å². The van der Waals surface area contributed by atoms with Crippen LogP contribution in [0.25, 0.3) is 0 Å². The van der Waals surface area contributed by atoms with Crippen molar-refractivity contribution in [3.05, 3.63) is 11.5 Å². The van der Waals surface area contributed by atoms with Crippen LogP contribution in [0.1, 0.15) is 37.1 Å². The van der Waals surface area contributed by atoms with Crippen LogP contribution >= 0.6 is 0 Å². The van der Waals surface area contributed by atoms with Crippen LogP contribution < -0.4 is 11.1 Å². The maximum atomic E-state index is 11.6. The largest absolute Gasteiger partial charge is 0.464 e. The Hall–Kier alpha value is -2.09. The molecule has 1 amide bonds. The highest BCUT2D eigenvalue weighted by Crippen LogP contribution is 2.15. The summed E-state index contributed by atoms with van der Waals surface area (Å²) in [5, 5.41) is 2.38. The van der Waals surface area contributed by atoms with E-state index in [1.165, 1.54) is 7.11 Å². The highest BCUT2D eigenvalue weighted by atomic mass is 16.6. The van der Waals surface area contributed by atoms with Gasteiger partial charge < -0.3 is 20.2 Å². The monoisotopic (exact) mass is 270 g/mol. The Morgan fingerprint density at radius 2 is 2.05 bits per heavy atom. The molecule has 0 saturated carbocycles. The number of esters is 1. The minimum Gasteiger partial charge on any atom is -0.464 e. The van der Waals surface area contributed by atoms with Crippen LogP contribution in [0, 0.1) is 0 Å². The standard InChI is InChI=1S/C11H18N4O4/c1-11(2,3)19-10(17)15-8-7(9(16)18-4)13-6(5-12)14-8/h5,12H2,1-4H3,(H,13,14)(H,15,17). The van der Waals surface area contributed by atoms with Crippen molar-refractivity contribution in [2.24, 2.45) is 5.73 Å². The summed E-state index contributed by atoms with van der Waals surface area (Å²) in [6, 6.07) is 0. The number of ether oxygens (including phenoxy) is 2. The van der Waals surface area contributed by atoms with E-state index in [-0.39, 0.29) is 18.1 Å². The number of nitrogens with two attached hydrogens (primary N) is 1. The molecule has 4 N–H and O–H groups in total. The quantitative estimate of drug-likeness (QED) is 0.705. The van der Waals surface area contributed by atoms with Gasteiger partial charge in [0.2, 0.25) is 0 Å². The molecule has 0 unspecified atom stereocenters. The van der Waals surface area contributed by atoms with E-state index in [1.807, 2.05) is 0 Å². The first-order valence-electron chi connectivity index (χ1n) is 5.64. The number of aromatic amines is 1. The van der Waals surface area contributed by atoms with E-state index in [4.69, 9.17) is 10.5 Å². The summed E-state index contributed by atoms with van der Waals surface area (Å²) < 4.78 is 9.64. The number of hydrogen-bond acceptors (Lipinski definition) is 6. The van der Waals surface area contributed by atoms with Crippen LogP contribution in [0.4, 0.5) is 10.6 Å². The molecule has 1 aromatic rings. The molecule has 0 fully saturated rings. The van der Waals surface area contributed by atoms with E-state index in [0.29, 0.717) is 5.82 Å². The zero-order valence-electron chi connectivity index (χ0n) is 11.4. The Labute approximate surface area is 110 Å². The molecule has 106 valence electrons. The fourth-order valence-corrected chi connectivity index (χ4v) is 1.26. The van der Waals surface area contributed by atoms with Crippen LogP contribution in [-0.4, -0.2) is 34.7 Å². The van der Waals surface area contributed by atoms with Crippen molar-refractivity contribution < 1.29 is 19.1 Å². The number of carbonyl (C=O) groups is 2. The molecule has 0 saturated heterocycles. The number of anilines is 1. The van der Waals surface area contributed by atoms with Gasteiger partial charge in [-0.25, -0.2) is 14.6 Å². The lowest BCUT2D eigenvalue weighted by Gasteiger charge is -2.19. The Bertz CT molecular complexity index is 476. The number of H-pyrrole nitrogens is 1. The summed E-state index contributed by atoms with van der Waals surface area (Å²) in [7, 11) is 1.22. The molecule has 0 atom stereocenters. The number of imidazole rings is 1. The second-order valence-corrected chi connectivity index (χ2v) is 4.73. The minimum absolute atomic E-state index is 0.0220. The summed E-state index contributed by atoms with van der Waals surface area (Å²) in [6.45, 7) is 5.27. The molecule has 0 spiro atoms. The van der Waals surface area contributed by atoms with E-state index in [2.05, 4.69) is 20.0 Å². The predicted molar refractivity (Wildman–Crippen MR) is 67.7 cm³/mol. The molecular formula is C11H18N4O4. The van der Waals surface area contributed by atoms with Gasteiger partial charge in [-0.2, -0.15) is 0 Å². The lowest BCUT2D eigenvalue weighted by atomic mass is 10.2. The number of hydrogen-bond donors (Lipinski definition) is 3. The second kappa shape index (κ2) is 5.70. The number of carbonyl (C=O) groups excluding carboxylic acids is 2. The molecule has 8 nitrogen and oxygen atoms in total. The van der Waals surface area contributed by atoms with Crippen molar-refractivity contribution >= 4 is 17.9 Å². The Kier molecular flexibility index (Phi) is 4.49. The van der Waals surface area contributed by atoms with E-state index in [0.717, 1.165) is 0 Å². The molecule has 0 aromatic carbocycles. The van der Waals surface area contributed by atoms with E-state index in [9.17, 15) is 9.59 Å². The van der Waals surface area contributed by atoms with Gasteiger partial charge in [0, 0.05) is 0 Å². The van der Waals surface area contributed by atoms with Crippen molar-refractivity contribution in [1.82, 2.24) is 9.97 Å². The van der Waals surface area contributed by atoms with Crippen molar-refractivity contribution in [2.75, 3.05) is 12.4 Å². The summed E-state index contributed by atoms with van der Waals surface area (Å²) in [4.78, 5) is 29.8.